The first-order valence-electron chi connectivity index (χ1n) is 10.3. The summed E-state index contributed by atoms with van der Waals surface area (Å²) in [5, 5.41) is 4.41. The quantitative estimate of drug-likeness (QED) is 0.496. The second kappa shape index (κ2) is 11.2. The molecule has 176 valence electrons. The molecule has 1 fully saturated rings. The van der Waals surface area contributed by atoms with Crippen molar-refractivity contribution in [1.29, 1.82) is 0 Å². The summed E-state index contributed by atoms with van der Waals surface area (Å²) in [5.74, 6) is -0.162. The van der Waals surface area contributed by atoms with Crippen LogP contribution in [0.4, 0.5) is 0 Å². The minimum atomic E-state index is -3.56. The Balaban J connectivity index is 1.48. The molecule has 2 aromatic rings. The molecule has 2 amide bonds. The van der Waals surface area contributed by atoms with E-state index in [1.165, 1.54) is 37.5 Å². The van der Waals surface area contributed by atoms with Gasteiger partial charge in [-0.2, -0.15) is 0 Å². The van der Waals surface area contributed by atoms with Gasteiger partial charge >= 0.3 is 0 Å². The van der Waals surface area contributed by atoms with Gasteiger partial charge in [0, 0.05) is 34.5 Å². The summed E-state index contributed by atoms with van der Waals surface area (Å²) in [7, 11) is -2.05. The number of hydrogen-bond donors (Lipinski definition) is 1. The second-order valence-corrected chi connectivity index (χ2v) is 10.7. The van der Waals surface area contributed by atoms with Crippen LogP contribution in [0.2, 0.25) is 5.02 Å². The van der Waals surface area contributed by atoms with Gasteiger partial charge in [-0.25, -0.2) is 8.42 Å². The summed E-state index contributed by atoms with van der Waals surface area (Å²) in [5.41, 5.74) is 0.444. The van der Waals surface area contributed by atoms with Crippen LogP contribution in [0, 0.1) is 5.92 Å². The van der Waals surface area contributed by atoms with Gasteiger partial charge in [-0.05, 0) is 55.3 Å². The van der Waals surface area contributed by atoms with Crippen molar-refractivity contribution < 1.29 is 22.7 Å². The average Bonchev–Trinajstić information content (AvgIpc) is 3.29. The lowest BCUT2D eigenvalue weighted by Gasteiger charge is -2.18. The van der Waals surface area contributed by atoms with Gasteiger partial charge in [0.15, 0.2) is 9.84 Å². The molecule has 1 aliphatic rings. The lowest BCUT2D eigenvalue weighted by Crippen LogP contribution is -2.35. The minimum Gasteiger partial charge on any atom is -0.496 e. The third kappa shape index (κ3) is 6.59. The van der Waals surface area contributed by atoms with E-state index in [0.29, 0.717) is 48.8 Å². The van der Waals surface area contributed by atoms with Gasteiger partial charge in [0.05, 0.1) is 23.5 Å². The monoisotopic (exact) mass is 554 g/mol. The van der Waals surface area contributed by atoms with Gasteiger partial charge in [-0.3, -0.25) is 9.59 Å². The maximum atomic E-state index is 12.9. The van der Waals surface area contributed by atoms with Crippen LogP contribution in [-0.2, 0) is 14.6 Å². The predicted molar refractivity (Wildman–Crippen MR) is 130 cm³/mol. The van der Waals surface area contributed by atoms with Crippen molar-refractivity contribution >= 4 is 49.2 Å². The fraction of sp³-hybridized carbons (Fsp3) is 0.304. The predicted octanol–water partition coefficient (Wildman–Crippen LogP) is 4.07. The summed E-state index contributed by atoms with van der Waals surface area (Å²) < 4.78 is 30.6. The molecule has 1 N–H and O–H groups in total. The zero-order valence-electron chi connectivity index (χ0n) is 18.0. The molecule has 1 heterocycles. The number of ether oxygens (including phenoxy) is 1. The lowest BCUT2D eigenvalue weighted by atomic mass is 10.1. The molecule has 1 atom stereocenters. The molecule has 7 nitrogen and oxygen atoms in total. The third-order valence-electron chi connectivity index (χ3n) is 5.27. The van der Waals surface area contributed by atoms with Crippen LogP contribution >= 0.6 is 27.5 Å². The largest absolute Gasteiger partial charge is 0.496 e. The number of carbonyl (C=O) groups is 2. The Morgan fingerprint density at radius 3 is 2.67 bits per heavy atom. The van der Waals surface area contributed by atoms with E-state index in [4.69, 9.17) is 16.3 Å². The molecular weight excluding hydrogens is 532 g/mol. The normalized spacial score (nSPS) is 16.2. The van der Waals surface area contributed by atoms with Crippen molar-refractivity contribution in [3.05, 3.63) is 69.0 Å². The van der Waals surface area contributed by atoms with Crippen molar-refractivity contribution in [3.63, 3.8) is 0 Å². The Kier molecular flexibility index (Phi) is 8.56. The number of carbonyl (C=O) groups excluding carboxylic acids is 2. The molecule has 0 spiro atoms. The molecule has 1 aliphatic heterocycles. The molecule has 2 aromatic carbocycles. The smallest absolute Gasteiger partial charge is 0.257 e. The molecule has 10 heteroatoms. The van der Waals surface area contributed by atoms with Gasteiger partial charge < -0.3 is 15.0 Å². The summed E-state index contributed by atoms with van der Waals surface area (Å²) >= 11 is 9.15. The van der Waals surface area contributed by atoms with Crippen molar-refractivity contribution in [2.24, 2.45) is 5.92 Å². The Morgan fingerprint density at radius 2 is 1.97 bits per heavy atom. The van der Waals surface area contributed by atoms with Crippen molar-refractivity contribution in [3.8, 4) is 5.75 Å². The maximum Gasteiger partial charge on any atom is 0.257 e. The topological polar surface area (TPSA) is 92.8 Å². The molecule has 1 unspecified atom stereocenters. The average molecular weight is 556 g/mol. The number of nitrogens with one attached hydrogen (secondary N) is 1. The number of hydrogen-bond acceptors (Lipinski definition) is 5. The number of methoxy groups -OCH3 is 1. The standard InChI is InChI=1S/C23H24BrClN2O5S/c1-32-21-9-4-17(24)14-20(21)23(29)27-12-10-16(15-27)22(28)26-11-2-3-13-33(30,31)19-7-5-18(25)6-8-19/h3-9,13-14,16H,2,10-12,15H2,1H3,(H,26,28)/b13-3+. The Labute approximate surface area is 206 Å². The van der Waals surface area contributed by atoms with E-state index in [-0.39, 0.29) is 22.6 Å². The van der Waals surface area contributed by atoms with E-state index in [1.54, 1.807) is 23.1 Å². The van der Waals surface area contributed by atoms with E-state index in [0.717, 1.165) is 9.88 Å². The SMILES string of the molecule is COc1ccc(Br)cc1C(=O)N1CCC(C(=O)NCC/C=C/S(=O)(=O)c2ccc(Cl)cc2)C1. The fourth-order valence-electron chi connectivity index (χ4n) is 3.50. The highest BCUT2D eigenvalue weighted by molar-refractivity contribution is 9.10. The van der Waals surface area contributed by atoms with Gasteiger partial charge in [0.25, 0.3) is 5.91 Å². The summed E-state index contributed by atoms with van der Waals surface area (Å²) in [6.45, 7) is 1.10. The zero-order valence-corrected chi connectivity index (χ0v) is 21.1. The van der Waals surface area contributed by atoms with Crippen molar-refractivity contribution in [2.45, 2.75) is 17.7 Å². The Morgan fingerprint density at radius 1 is 1.24 bits per heavy atom. The molecular formula is C23H24BrClN2O5S. The number of amides is 2. The highest BCUT2D eigenvalue weighted by atomic mass is 79.9. The first kappa shape index (κ1) is 25.3. The number of benzene rings is 2. The van der Waals surface area contributed by atoms with E-state index in [1.807, 2.05) is 0 Å². The number of halogens is 2. The summed E-state index contributed by atoms with van der Waals surface area (Å²) in [6, 6.07) is 11.2. The van der Waals surface area contributed by atoms with Crippen LogP contribution in [0.3, 0.4) is 0 Å². The fourth-order valence-corrected chi connectivity index (χ4v) is 5.05. The van der Waals surface area contributed by atoms with Crippen molar-refractivity contribution in [1.82, 2.24) is 10.2 Å². The van der Waals surface area contributed by atoms with Crippen LogP contribution in [0.25, 0.3) is 0 Å². The van der Waals surface area contributed by atoms with Crippen LogP contribution in [-0.4, -0.2) is 51.9 Å². The van der Waals surface area contributed by atoms with Crippen LogP contribution in [0.5, 0.6) is 5.75 Å². The number of nitrogens with zero attached hydrogens (tertiary/aromatic N) is 1. The van der Waals surface area contributed by atoms with E-state index >= 15 is 0 Å². The molecule has 0 aromatic heterocycles. The van der Waals surface area contributed by atoms with Gasteiger partial charge in [-0.1, -0.05) is 33.6 Å². The molecule has 3 rings (SSSR count). The van der Waals surface area contributed by atoms with Crippen LogP contribution in [0.15, 0.2) is 63.3 Å². The first-order valence-corrected chi connectivity index (χ1v) is 13.0. The Hall–Kier alpha value is -2.36. The first-order chi connectivity index (χ1) is 15.7. The lowest BCUT2D eigenvalue weighted by molar-refractivity contribution is -0.124. The number of rotatable bonds is 8. The van der Waals surface area contributed by atoms with Gasteiger partial charge in [0.2, 0.25) is 5.91 Å². The molecule has 0 saturated carbocycles. The molecule has 1 saturated heterocycles. The minimum absolute atomic E-state index is 0.152. The molecule has 0 bridgehead atoms. The highest BCUT2D eigenvalue weighted by Gasteiger charge is 2.32. The number of likely N-dealkylation sites (tertiary alicyclic amines) is 1. The molecule has 0 aliphatic carbocycles. The summed E-state index contributed by atoms with van der Waals surface area (Å²) in [4.78, 5) is 27.2. The van der Waals surface area contributed by atoms with Gasteiger partial charge in [0.1, 0.15) is 5.75 Å². The van der Waals surface area contributed by atoms with Gasteiger partial charge in [-0.15, -0.1) is 0 Å². The third-order valence-corrected chi connectivity index (χ3v) is 7.49. The van der Waals surface area contributed by atoms with E-state index in [9.17, 15) is 18.0 Å². The zero-order chi connectivity index (χ0) is 24.0. The number of sulfone groups is 1. The van der Waals surface area contributed by atoms with Crippen LogP contribution < -0.4 is 10.1 Å². The highest BCUT2D eigenvalue weighted by Crippen LogP contribution is 2.27. The van der Waals surface area contributed by atoms with Crippen molar-refractivity contribution in [2.75, 3.05) is 26.7 Å². The Bertz CT molecular complexity index is 1150. The second-order valence-electron chi connectivity index (χ2n) is 7.53. The van der Waals surface area contributed by atoms with Crippen LogP contribution in [0.1, 0.15) is 23.2 Å². The summed E-state index contributed by atoms with van der Waals surface area (Å²) in [6.07, 6.45) is 2.44. The van der Waals surface area contributed by atoms with E-state index < -0.39 is 9.84 Å². The molecule has 33 heavy (non-hydrogen) atoms. The van der Waals surface area contributed by atoms with E-state index in [2.05, 4.69) is 21.2 Å². The maximum absolute atomic E-state index is 12.9. The molecule has 0 radical (unpaired) electrons.